The zero-order valence-corrected chi connectivity index (χ0v) is 14.1. The zero-order chi connectivity index (χ0) is 17.7. The minimum Gasteiger partial charge on any atom is -0.480 e. The van der Waals surface area contributed by atoms with Gasteiger partial charge in [-0.05, 0) is 18.4 Å². The van der Waals surface area contributed by atoms with Gasteiger partial charge in [-0.25, -0.2) is 0 Å². The molecule has 132 valence electrons. The number of aliphatic carboxylic acids is 1. The van der Waals surface area contributed by atoms with E-state index in [2.05, 4.69) is 0 Å². The Morgan fingerprint density at radius 3 is 2.62 bits per heavy atom. The summed E-state index contributed by atoms with van der Waals surface area (Å²) in [7, 11) is 0. The molecule has 0 spiro atoms. The second kappa shape index (κ2) is 7.77. The lowest BCUT2D eigenvalue weighted by atomic mass is 9.84. The number of nitrogens with two attached hydrogens (primary N) is 2. The standard InChI is InChI=1S/C18H27N3O3/c1-2-3-9-14-11-21(12-18(14,20)17(23)24)16(22)15(19)10-13-7-5-4-6-8-13/h4-8,14-15H,2-3,9-12,19-20H2,1H3,(H,23,24)/t14-,15-,18-/m0/s1. The number of nitrogens with zero attached hydrogens (tertiary/aromatic N) is 1. The quantitative estimate of drug-likeness (QED) is 0.689. The van der Waals surface area contributed by atoms with E-state index in [1.807, 2.05) is 37.3 Å². The molecule has 1 heterocycles. The Bertz CT molecular complexity index is 578. The molecule has 0 aromatic heterocycles. The number of carboxylic acid groups (broad SMARTS) is 1. The molecule has 5 N–H and O–H groups in total. The van der Waals surface area contributed by atoms with Crippen LogP contribution in [0, 0.1) is 5.92 Å². The number of rotatable bonds is 7. The van der Waals surface area contributed by atoms with E-state index in [0.29, 0.717) is 19.4 Å². The van der Waals surface area contributed by atoms with Gasteiger partial charge in [-0.3, -0.25) is 9.59 Å². The number of unbranched alkanes of at least 4 members (excludes halogenated alkanes) is 1. The van der Waals surface area contributed by atoms with Crippen molar-refractivity contribution in [2.75, 3.05) is 13.1 Å². The summed E-state index contributed by atoms with van der Waals surface area (Å²) >= 11 is 0. The highest BCUT2D eigenvalue weighted by molar-refractivity contribution is 5.86. The third-order valence-electron chi connectivity index (χ3n) is 4.85. The Hall–Kier alpha value is -1.92. The van der Waals surface area contributed by atoms with E-state index < -0.39 is 17.6 Å². The van der Waals surface area contributed by atoms with Crippen LogP contribution in [0.1, 0.15) is 31.7 Å². The fraction of sp³-hybridized carbons (Fsp3) is 0.556. The Kier molecular flexibility index (Phi) is 5.96. The largest absolute Gasteiger partial charge is 0.480 e. The van der Waals surface area contributed by atoms with Gasteiger partial charge in [0.1, 0.15) is 5.54 Å². The molecule has 6 nitrogen and oxygen atoms in total. The van der Waals surface area contributed by atoms with Crippen LogP contribution in [0.15, 0.2) is 30.3 Å². The molecule has 0 saturated carbocycles. The van der Waals surface area contributed by atoms with Gasteiger partial charge in [0.15, 0.2) is 0 Å². The molecule has 6 heteroatoms. The van der Waals surface area contributed by atoms with Crippen molar-refractivity contribution in [2.24, 2.45) is 17.4 Å². The second-order valence-electron chi connectivity index (χ2n) is 6.70. The molecule has 1 aliphatic heterocycles. The van der Waals surface area contributed by atoms with Crippen molar-refractivity contribution in [3.05, 3.63) is 35.9 Å². The number of carbonyl (C=O) groups is 2. The van der Waals surface area contributed by atoms with Gasteiger partial charge in [-0.1, -0.05) is 50.1 Å². The maximum absolute atomic E-state index is 12.6. The van der Waals surface area contributed by atoms with E-state index in [1.54, 1.807) is 0 Å². The highest BCUT2D eigenvalue weighted by Crippen LogP contribution is 2.30. The van der Waals surface area contributed by atoms with E-state index in [1.165, 1.54) is 4.90 Å². The number of carbonyl (C=O) groups excluding carboxylic acids is 1. The average molecular weight is 333 g/mol. The lowest BCUT2D eigenvalue weighted by Crippen LogP contribution is -2.55. The van der Waals surface area contributed by atoms with Crippen molar-refractivity contribution in [3.8, 4) is 0 Å². The zero-order valence-electron chi connectivity index (χ0n) is 14.1. The first-order chi connectivity index (χ1) is 11.4. The van der Waals surface area contributed by atoms with Crippen molar-refractivity contribution in [3.63, 3.8) is 0 Å². The number of carboxylic acids is 1. The number of hydrogen-bond donors (Lipinski definition) is 3. The highest BCUT2D eigenvalue weighted by atomic mass is 16.4. The third-order valence-corrected chi connectivity index (χ3v) is 4.85. The summed E-state index contributed by atoms with van der Waals surface area (Å²) in [5, 5.41) is 9.52. The summed E-state index contributed by atoms with van der Waals surface area (Å²) in [5.41, 5.74) is 11.8. The van der Waals surface area contributed by atoms with Crippen LogP contribution >= 0.6 is 0 Å². The molecular weight excluding hydrogens is 306 g/mol. The molecule has 1 aliphatic rings. The van der Waals surface area contributed by atoms with E-state index in [9.17, 15) is 14.7 Å². The molecule has 1 aromatic rings. The number of amides is 1. The Labute approximate surface area is 142 Å². The molecule has 1 fully saturated rings. The Morgan fingerprint density at radius 1 is 1.38 bits per heavy atom. The second-order valence-corrected chi connectivity index (χ2v) is 6.70. The van der Waals surface area contributed by atoms with Gasteiger partial charge in [0.25, 0.3) is 0 Å². The van der Waals surface area contributed by atoms with Crippen molar-refractivity contribution in [1.29, 1.82) is 0 Å². The van der Waals surface area contributed by atoms with Gasteiger partial charge < -0.3 is 21.5 Å². The van der Waals surface area contributed by atoms with Crippen LogP contribution in [-0.4, -0.2) is 46.6 Å². The molecular formula is C18H27N3O3. The maximum Gasteiger partial charge on any atom is 0.325 e. The van der Waals surface area contributed by atoms with Gasteiger partial charge in [-0.15, -0.1) is 0 Å². The molecule has 3 atom stereocenters. The van der Waals surface area contributed by atoms with Crippen molar-refractivity contribution in [1.82, 2.24) is 4.90 Å². The van der Waals surface area contributed by atoms with Crippen LogP contribution < -0.4 is 11.5 Å². The molecule has 2 rings (SSSR count). The van der Waals surface area contributed by atoms with Gasteiger partial charge in [0.05, 0.1) is 6.04 Å². The lowest BCUT2D eigenvalue weighted by molar-refractivity contribution is -0.144. The topological polar surface area (TPSA) is 110 Å². The molecule has 1 aromatic carbocycles. The number of hydrogen-bond acceptors (Lipinski definition) is 4. The van der Waals surface area contributed by atoms with E-state index in [-0.39, 0.29) is 18.4 Å². The number of likely N-dealkylation sites (tertiary alicyclic amines) is 1. The highest BCUT2D eigenvalue weighted by Gasteiger charge is 2.50. The summed E-state index contributed by atoms with van der Waals surface area (Å²) in [5.74, 6) is -1.51. The SMILES string of the molecule is CCCC[C@H]1CN(C(=O)[C@@H](N)Cc2ccccc2)C[C@@]1(N)C(=O)O. The van der Waals surface area contributed by atoms with Crippen LogP contribution in [0.3, 0.4) is 0 Å². The van der Waals surface area contributed by atoms with Crippen LogP contribution in [0.2, 0.25) is 0 Å². The summed E-state index contributed by atoms with van der Waals surface area (Å²) < 4.78 is 0. The average Bonchev–Trinajstić information content (AvgIpc) is 2.91. The van der Waals surface area contributed by atoms with E-state index in [0.717, 1.165) is 18.4 Å². The number of benzene rings is 1. The van der Waals surface area contributed by atoms with Crippen molar-refractivity contribution < 1.29 is 14.7 Å². The lowest BCUT2D eigenvalue weighted by Gasteiger charge is -2.25. The minimum absolute atomic E-state index is 0.0258. The van der Waals surface area contributed by atoms with Gasteiger partial charge in [0, 0.05) is 19.0 Å². The molecule has 0 bridgehead atoms. The Morgan fingerprint density at radius 2 is 2.04 bits per heavy atom. The van der Waals surface area contributed by atoms with Gasteiger partial charge in [-0.2, -0.15) is 0 Å². The summed E-state index contributed by atoms with van der Waals surface area (Å²) in [6.45, 7) is 2.44. The maximum atomic E-state index is 12.6. The molecule has 24 heavy (non-hydrogen) atoms. The molecule has 0 aliphatic carbocycles. The predicted molar refractivity (Wildman–Crippen MR) is 92.3 cm³/mol. The molecule has 0 unspecified atom stereocenters. The minimum atomic E-state index is -1.38. The monoisotopic (exact) mass is 333 g/mol. The summed E-state index contributed by atoms with van der Waals surface area (Å²) in [6, 6.07) is 8.87. The van der Waals surface area contributed by atoms with Crippen molar-refractivity contribution >= 4 is 11.9 Å². The smallest absolute Gasteiger partial charge is 0.325 e. The first-order valence-corrected chi connectivity index (χ1v) is 8.49. The molecule has 0 radical (unpaired) electrons. The molecule has 1 amide bonds. The fourth-order valence-electron chi connectivity index (χ4n) is 3.34. The van der Waals surface area contributed by atoms with Crippen LogP contribution in [0.5, 0.6) is 0 Å². The Balaban J connectivity index is 2.05. The summed E-state index contributed by atoms with van der Waals surface area (Å²) in [4.78, 5) is 25.8. The van der Waals surface area contributed by atoms with Gasteiger partial charge in [0.2, 0.25) is 5.91 Å². The van der Waals surface area contributed by atoms with Crippen LogP contribution in [0.25, 0.3) is 0 Å². The fourth-order valence-corrected chi connectivity index (χ4v) is 3.34. The van der Waals surface area contributed by atoms with Crippen molar-refractivity contribution in [2.45, 2.75) is 44.2 Å². The van der Waals surface area contributed by atoms with Gasteiger partial charge >= 0.3 is 5.97 Å². The first-order valence-electron chi connectivity index (χ1n) is 8.49. The van der Waals surface area contributed by atoms with E-state index in [4.69, 9.17) is 11.5 Å². The van der Waals surface area contributed by atoms with Crippen LogP contribution in [0.4, 0.5) is 0 Å². The first kappa shape index (κ1) is 18.4. The summed E-state index contributed by atoms with van der Waals surface area (Å²) in [6.07, 6.45) is 3.00. The van der Waals surface area contributed by atoms with Crippen LogP contribution in [-0.2, 0) is 16.0 Å². The normalized spacial score (nSPS) is 24.8. The third kappa shape index (κ3) is 3.94. The molecule has 1 saturated heterocycles. The predicted octanol–water partition coefficient (Wildman–Crippen LogP) is 0.987. The van der Waals surface area contributed by atoms with E-state index >= 15 is 0 Å².